The summed E-state index contributed by atoms with van der Waals surface area (Å²) in [5, 5.41) is 9.20. The lowest BCUT2D eigenvalue weighted by molar-refractivity contribution is 0.101. The predicted molar refractivity (Wildman–Crippen MR) is 76.7 cm³/mol. The molecule has 0 N–H and O–H groups in total. The molecule has 0 saturated carbocycles. The highest BCUT2D eigenvalue weighted by Gasteiger charge is 2.12. The van der Waals surface area contributed by atoms with Crippen molar-refractivity contribution in [2.24, 2.45) is 0 Å². The molecule has 0 unspecified atom stereocenters. The molecule has 0 saturated heterocycles. The Morgan fingerprint density at radius 2 is 2.15 bits per heavy atom. The predicted octanol–water partition coefficient (Wildman–Crippen LogP) is 3.30. The average Bonchev–Trinajstić information content (AvgIpc) is 2.83. The molecule has 0 amide bonds. The van der Waals surface area contributed by atoms with Crippen molar-refractivity contribution in [2.45, 2.75) is 20.4 Å². The number of nitrogens with zero attached hydrogens (tertiary/aromatic N) is 2. The van der Waals surface area contributed by atoms with Crippen molar-refractivity contribution in [2.75, 3.05) is 11.9 Å². The Morgan fingerprint density at radius 1 is 1.40 bits per heavy atom. The van der Waals surface area contributed by atoms with E-state index < -0.39 is 0 Å². The van der Waals surface area contributed by atoms with E-state index in [1.54, 1.807) is 24.5 Å². The molecule has 2 aromatic rings. The Balaban J connectivity index is 2.35. The number of nitriles is 1. The third kappa shape index (κ3) is 2.72. The molecule has 1 heterocycles. The fraction of sp³-hybridized carbons (Fsp3) is 0.250. The van der Waals surface area contributed by atoms with Gasteiger partial charge in [-0.1, -0.05) is 0 Å². The summed E-state index contributed by atoms with van der Waals surface area (Å²) in [5.74, 6) is 0.849. The second-order valence-corrected chi connectivity index (χ2v) is 4.76. The van der Waals surface area contributed by atoms with Crippen LogP contribution in [0, 0.1) is 18.3 Å². The lowest BCUT2D eigenvalue weighted by Gasteiger charge is -2.20. The maximum atomic E-state index is 11.5. The van der Waals surface area contributed by atoms with Gasteiger partial charge in [0.25, 0.3) is 0 Å². The number of ketones is 1. The zero-order valence-corrected chi connectivity index (χ0v) is 11.8. The zero-order valence-electron chi connectivity index (χ0n) is 11.8. The monoisotopic (exact) mass is 268 g/mol. The second-order valence-electron chi connectivity index (χ2n) is 4.76. The van der Waals surface area contributed by atoms with Crippen molar-refractivity contribution < 1.29 is 9.21 Å². The first kappa shape index (κ1) is 13.9. The fourth-order valence-corrected chi connectivity index (χ4v) is 2.08. The van der Waals surface area contributed by atoms with Gasteiger partial charge < -0.3 is 9.32 Å². The minimum Gasteiger partial charge on any atom is -0.469 e. The van der Waals surface area contributed by atoms with Gasteiger partial charge >= 0.3 is 0 Å². The smallest absolute Gasteiger partial charge is 0.159 e. The van der Waals surface area contributed by atoms with Crippen LogP contribution in [0.1, 0.15) is 34.2 Å². The van der Waals surface area contributed by atoms with Crippen molar-refractivity contribution in [3.63, 3.8) is 0 Å². The van der Waals surface area contributed by atoms with E-state index in [1.165, 1.54) is 6.92 Å². The number of carbonyl (C=O) groups excluding carboxylic acids is 1. The number of aryl methyl sites for hydroxylation is 1. The molecular weight excluding hydrogens is 252 g/mol. The van der Waals surface area contributed by atoms with E-state index in [0.717, 1.165) is 17.0 Å². The molecule has 102 valence electrons. The van der Waals surface area contributed by atoms with E-state index in [2.05, 4.69) is 6.07 Å². The van der Waals surface area contributed by atoms with Crippen LogP contribution in [-0.2, 0) is 6.54 Å². The molecule has 0 spiro atoms. The standard InChI is InChI=1S/C16H16N2O2/c1-11(19)13-4-5-14(9-17)16(8-13)18(3)10-15-6-7-20-12(15)2/h4-8H,10H2,1-3H3. The second kappa shape index (κ2) is 5.62. The van der Waals surface area contributed by atoms with Gasteiger partial charge in [-0.05, 0) is 38.1 Å². The Kier molecular flexibility index (Phi) is 3.90. The van der Waals surface area contributed by atoms with Crippen LogP contribution in [0.5, 0.6) is 0 Å². The molecule has 0 bridgehead atoms. The fourth-order valence-electron chi connectivity index (χ4n) is 2.08. The number of hydrogen-bond donors (Lipinski definition) is 0. The minimum atomic E-state index is -0.0105. The van der Waals surface area contributed by atoms with E-state index in [4.69, 9.17) is 4.42 Å². The number of Topliss-reactive ketones (excluding diaryl/α,β-unsaturated/α-hetero) is 1. The summed E-state index contributed by atoms with van der Waals surface area (Å²) in [6.45, 7) is 4.05. The number of anilines is 1. The van der Waals surface area contributed by atoms with E-state index in [1.807, 2.05) is 24.9 Å². The molecule has 4 nitrogen and oxygen atoms in total. The first-order valence-electron chi connectivity index (χ1n) is 6.32. The van der Waals surface area contributed by atoms with Crippen LogP contribution in [-0.4, -0.2) is 12.8 Å². The summed E-state index contributed by atoms with van der Waals surface area (Å²) in [6.07, 6.45) is 1.65. The SMILES string of the molecule is CC(=O)c1ccc(C#N)c(N(C)Cc2ccoc2C)c1. The third-order valence-corrected chi connectivity index (χ3v) is 3.31. The van der Waals surface area contributed by atoms with E-state index in [9.17, 15) is 10.1 Å². The Hall–Kier alpha value is -2.54. The van der Waals surface area contributed by atoms with Gasteiger partial charge in [0.15, 0.2) is 5.78 Å². The van der Waals surface area contributed by atoms with Crippen LogP contribution < -0.4 is 4.90 Å². The topological polar surface area (TPSA) is 57.2 Å². The number of carbonyl (C=O) groups is 1. The molecule has 0 atom stereocenters. The van der Waals surface area contributed by atoms with Crippen LogP contribution in [0.3, 0.4) is 0 Å². The summed E-state index contributed by atoms with van der Waals surface area (Å²) in [4.78, 5) is 13.4. The summed E-state index contributed by atoms with van der Waals surface area (Å²) >= 11 is 0. The molecule has 0 aliphatic heterocycles. The summed E-state index contributed by atoms with van der Waals surface area (Å²) in [5.41, 5.74) is 2.97. The number of hydrogen-bond acceptors (Lipinski definition) is 4. The Labute approximate surface area is 118 Å². The van der Waals surface area contributed by atoms with Gasteiger partial charge in [0.05, 0.1) is 17.5 Å². The van der Waals surface area contributed by atoms with Crippen molar-refractivity contribution in [1.29, 1.82) is 5.26 Å². The van der Waals surface area contributed by atoms with E-state index in [-0.39, 0.29) is 5.78 Å². The largest absolute Gasteiger partial charge is 0.469 e. The maximum Gasteiger partial charge on any atom is 0.159 e. The molecule has 2 rings (SSSR count). The number of rotatable bonds is 4. The van der Waals surface area contributed by atoms with Crippen LogP contribution in [0.25, 0.3) is 0 Å². The Morgan fingerprint density at radius 3 is 2.70 bits per heavy atom. The lowest BCUT2D eigenvalue weighted by atomic mass is 10.1. The van der Waals surface area contributed by atoms with E-state index in [0.29, 0.717) is 17.7 Å². The van der Waals surface area contributed by atoms with Crippen molar-refractivity contribution in [3.05, 3.63) is 53.0 Å². The highest BCUT2D eigenvalue weighted by Crippen LogP contribution is 2.23. The molecule has 0 aliphatic carbocycles. The van der Waals surface area contributed by atoms with Crippen LogP contribution >= 0.6 is 0 Å². The van der Waals surface area contributed by atoms with Gasteiger partial charge in [-0.15, -0.1) is 0 Å². The van der Waals surface area contributed by atoms with Gasteiger partial charge in [0, 0.05) is 24.7 Å². The number of furan rings is 1. The zero-order chi connectivity index (χ0) is 14.7. The third-order valence-electron chi connectivity index (χ3n) is 3.31. The average molecular weight is 268 g/mol. The first-order valence-corrected chi connectivity index (χ1v) is 6.32. The molecule has 0 fully saturated rings. The van der Waals surface area contributed by atoms with Gasteiger partial charge in [-0.3, -0.25) is 4.79 Å². The van der Waals surface area contributed by atoms with Crippen molar-refractivity contribution >= 4 is 11.5 Å². The molecule has 1 aromatic heterocycles. The minimum absolute atomic E-state index is 0.0105. The lowest BCUT2D eigenvalue weighted by Crippen LogP contribution is -2.18. The van der Waals surface area contributed by atoms with Gasteiger partial charge in [-0.25, -0.2) is 0 Å². The van der Waals surface area contributed by atoms with Crippen molar-refractivity contribution in [3.8, 4) is 6.07 Å². The van der Waals surface area contributed by atoms with Crippen molar-refractivity contribution in [1.82, 2.24) is 0 Å². The van der Waals surface area contributed by atoms with Gasteiger partial charge in [0.1, 0.15) is 11.8 Å². The molecule has 4 heteroatoms. The van der Waals surface area contributed by atoms with E-state index >= 15 is 0 Å². The molecular formula is C16H16N2O2. The van der Waals surface area contributed by atoms with Gasteiger partial charge in [0.2, 0.25) is 0 Å². The quantitative estimate of drug-likeness (QED) is 0.798. The first-order chi connectivity index (χ1) is 9.52. The van der Waals surface area contributed by atoms with Crippen LogP contribution in [0.4, 0.5) is 5.69 Å². The number of benzene rings is 1. The molecule has 0 aliphatic rings. The van der Waals surface area contributed by atoms with Crippen LogP contribution in [0.2, 0.25) is 0 Å². The normalized spacial score (nSPS) is 10.1. The summed E-state index contributed by atoms with van der Waals surface area (Å²) in [7, 11) is 1.90. The maximum absolute atomic E-state index is 11.5. The highest BCUT2D eigenvalue weighted by atomic mass is 16.3. The highest BCUT2D eigenvalue weighted by molar-refractivity contribution is 5.95. The molecule has 1 aromatic carbocycles. The summed E-state index contributed by atoms with van der Waals surface area (Å²) < 4.78 is 5.27. The van der Waals surface area contributed by atoms with Gasteiger partial charge in [-0.2, -0.15) is 5.26 Å². The summed E-state index contributed by atoms with van der Waals surface area (Å²) in [6, 6.07) is 9.20. The Bertz CT molecular complexity index is 680. The molecule has 0 radical (unpaired) electrons. The van der Waals surface area contributed by atoms with Crippen LogP contribution in [0.15, 0.2) is 34.9 Å². The molecule has 20 heavy (non-hydrogen) atoms.